The predicted octanol–water partition coefficient (Wildman–Crippen LogP) is 5.21. The molecule has 1 aromatic heterocycles. The molecule has 0 bridgehead atoms. The Kier molecular flexibility index (Phi) is 5.34. The van der Waals surface area contributed by atoms with Crippen LogP contribution in [0.2, 0.25) is 0 Å². The van der Waals surface area contributed by atoms with Crippen molar-refractivity contribution in [1.82, 2.24) is 4.68 Å². The first kappa shape index (κ1) is 18.8. The second kappa shape index (κ2) is 8.23. The fraction of sp³-hybridized carbons (Fsp3) is 0.160. The summed E-state index contributed by atoms with van der Waals surface area (Å²) in [5, 5.41) is 1.09. The van der Waals surface area contributed by atoms with Crippen LogP contribution in [-0.2, 0) is 17.8 Å². The number of hydrogen-bond acceptors (Lipinski definition) is 2. The van der Waals surface area contributed by atoms with Crippen LogP contribution in [0, 0.1) is 6.92 Å². The first-order valence-electron chi connectivity index (χ1n) is 9.74. The van der Waals surface area contributed by atoms with Crippen LogP contribution in [0.15, 0.2) is 78.9 Å². The molecule has 0 fully saturated rings. The predicted molar refractivity (Wildman–Crippen MR) is 117 cm³/mol. The number of rotatable bonds is 6. The molecule has 0 spiro atoms. The summed E-state index contributed by atoms with van der Waals surface area (Å²) in [6.07, 6.45) is 0.790. The van der Waals surface area contributed by atoms with Crippen LogP contribution < -0.4 is 10.2 Å². The van der Waals surface area contributed by atoms with Gasteiger partial charge in [-0.25, -0.2) is 0 Å². The lowest BCUT2D eigenvalue weighted by atomic mass is 10.0. The zero-order chi connectivity index (χ0) is 20.2. The Morgan fingerprint density at radius 2 is 1.55 bits per heavy atom. The highest BCUT2D eigenvalue weighted by molar-refractivity contribution is 5.93. The molecule has 0 radical (unpaired) electrons. The molecule has 1 amide bonds. The molecule has 1 heterocycles. The fourth-order valence-corrected chi connectivity index (χ4v) is 3.67. The van der Waals surface area contributed by atoms with Gasteiger partial charge in [-0.05, 0) is 36.1 Å². The van der Waals surface area contributed by atoms with Gasteiger partial charge in [-0.1, -0.05) is 72.8 Å². The lowest BCUT2D eigenvalue weighted by molar-refractivity contribution is -0.115. The van der Waals surface area contributed by atoms with Crippen LogP contribution in [0.3, 0.4) is 0 Å². The van der Waals surface area contributed by atoms with Gasteiger partial charge in [0.25, 0.3) is 0 Å². The molecule has 146 valence electrons. The molecule has 0 saturated heterocycles. The second-order valence-corrected chi connectivity index (χ2v) is 7.16. The van der Waals surface area contributed by atoms with Crippen molar-refractivity contribution in [3.05, 3.63) is 101 Å². The molecule has 0 saturated carbocycles. The monoisotopic (exact) mass is 384 g/mol. The smallest absolute Gasteiger partial charge is 0.235 e. The molecule has 0 unspecified atom stereocenters. The lowest BCUT2D eigenvalue weighted by Crippen LogP contribution is -2.21. The summed E-state index contributed by atoms with van der Waals surface area (Å²) in [7, 11) is 0. The molecule has 4 nitrogen and oxygen atoms in total. The highest BCUT2D eigenvalue weighted by Crippen LogP contribution is 2.34. The van der Waals surface area contributed by atoms with Gasteiger partial charge in [0.2, 0.25) is 5.91 Å². The number of nitrogens with one attached hydrogen (secondary N) is 1. The minimum absolute atomic E-state index is 0.117. The number of carbonyl (C=O) groups excluding carboxylic acids is 1. The van der Waals surface area contributed by atoms with E-state index >= 15 is 0 Å². The van der Waals surface area contributed by atoms with E-state index in [1.165, 1.54) is 18.1 Å². The maximum Gasteiger partial charge on any atom is 0.235 e. The number of nitrogens with zero attached hydrogens (tertiary/aromatic N) is 1. The number of aromatic nitrogens is 1. The highest BCUT2D eigenvalue weighted by Gasteiger charge is 2.19. The molecule has 4 aromatic rings. The zero-order valence-corrected chi connectivity index (χ0v) is 16.7. The van der Waals surface area contributed by atoms with E-state index in [-0.39, 0.29) is 5.91 Å². The summed E-state index contributed by atoms with van der Waals surface area (Å²) < 4.78 is 8.03. The SMILES string of the molecule is CC(=O)Nn1c(C)c(Cc2ccccc2)c2cccc(OCc3ccccc3)c21. The van der Waals surface area contributed by atoms with Crippen molar-refractivity contribution in [3.63, 3.8) is 0 Å². The van der Waals surface area contributed by atoms with Gasteiger partial charge >= 0.3 is 0 Å². The molecular weight excluding hydrogens is 360 g/mol. The van der Waals surface area contributed by atoms with Gasteiger partial charge in [0.15, 0.2) is 0 Å². The quantitative estimate of drug-likeness (QED) is 0.496. The van der Waals surface area contributed by atoms with Gasteiger partial charge in [-0.15, -0.1) is 0 Å². The Morgan fingerprint density at radius 1 is 0.897 bits per heavy atom. The third kappa shape index (κ3) is 4.02. The van der Waals surface area contributed by atoms with E-state index in [1.807, 2.05) is 72.3 Å². The van der Waals surface area contributed by atoms with Crippen LogP contribution >= 0.6 is 0 Å². The molecule has 29 heavy (non-hydrogen) atoms. The molecule has 4 rings (SSSR count). The zero-order valence-electron chi connectivity index (χ0n) is 16.7. The molecule has 0 aliphatic heterocycles. The number of ether oxygens (including phenoxy) is 1. The molecule has 0 aliphatic carbocycles. The third-order valence-electron chi connectivity index (χ3n) is 5.05. The maximum atomic E-state index is 11.9. The average Bonchev–Trinajstić information content (AvgIpc) is 3.00. The summed E-state index contributed by atoms with van der Waals surface area (Å²) in [6, 6.07) is 26.5. The van der Waals surface area contributed by atoms with Gasteiger partial charge in [-0.2, -0.15) is 0 Å². The normalized spacial score (nSPS) is 10.8. The van der Waals surface area contributed by atoms with Gasteiger partial charge in [0.05, 0.1) is 0 Å². The maximum absolute atomic E-state index is 11.9. The number of para-hydroxylation sites is 1. The Labute approximate surface area is 170 Å². The van der Waals surface area contributed by atoms with Crippen LogP contribution in [0.25, 0.3) is 10.9 Å². The van der Waals surface area contributed by atoms with E-state index in [1.54, 1.807) is 0 Å². The van der Waals surface area contributed by atoms with Crippen molar-refractivity contribution < 1.29 is 9.53 Å². The van der Waals surface area contributed by atoms with Gasteiger partial charge in [0, 0.05) is 18.0 Å². The third-order valence-corrected chi connectivity index (χ3v) is 5.05. The Morgan fingerprint density at radius 3 is 2.21 bits per heavy atom. The van der Waals surface area contributed by atoms with Gasteiger partial charge < -0.3 is 4.74 Å². The highest BCUT2D eigenvalue weighted by atomic mass is 16.5. The van der Waals surface area contributed by atoms with Crippen LogP contribution in [0.5, 0.6) is 5.75 Å². The largest absolute Gasteiger partial charge is 0.487 e. The average molecular weight is 384 g/mol. The standard InChI is InChI=1S/C25H24N2O2/c1-18-23(16-20-10-5-3-6-11-20)22-14-9-15-24(25(22)27(18)26-19(2)28)29-17-21-12-7-4-8-13-21/h3-15H,16-17H2,1-2H3,(H,26,28). The molecule has 3 aromatic carbocycles. The van der Waals surface area contributed by atoms with Crippen molar-refractivity contribution in [1.29, 1.82) is 0 Å². The summed E-state index contributed by atoms with van der Waals surface area (Å²) in [5.74, 6) is 0.636. The lowest BCUT2D eigenvalue weighted by Gasteiger charge is -2.13. The first-order chi connectivity index (χ1) is 14.1. The summed E-state index contributed by atoms with van der Waals surface area (Å²) >= 11 is 0. The topological polar surface area (TPSA) is 43.3 Å². The summed E-state index contributed by atoms with van der Waals surface area (Å²) in [6.45, 7) is 4.03. The van der Waals surface area contributed by atoms with Crippen molar-refractivity contribution in [3.8, 4) is 5.75 Å². The number of fused-ring (bicyclic) bond motifs is 1. The van der Waals surface area contributed by atoms with Crippen LogP contribution in [-0.4, -0.2) is 10.6 Å². The number of carbonyl (C=O) groups is 1. The van der Waals surface area contributed by atoms with E-state index in [4.69, 9.17) is 4.74 Å². The van der Waals surface area contributed by atoms with Crippen LogP contribution in [0.1, 0.15) is 29.3 Å². The van der Waals surface area contributed by atoms with E-state index in [0.717, 1.165) is 34.3 Å². The number of amides is 1. The first-order valence-corrected chi connectivity index (χ1v) is 9.74. The number of hydrogen-bond donors (Lipinski definition) is 1. The van der Waals surface area contributed by atoms with Crippen LogP contribution in [0.4, 0.5) is 0 Å². The molecule has 1 N–H and O–H groups in total. The minimum Gasteiger partial charge on any atom is -0.487 e. The second-order valence-electron chi connectivity index (χ2n) is 7.16. The van der Waals surface area contributed by atoms with Gasteiger partial charge in [0.1, 0.15) is 17.9 Å². The van der Waals surface area contributed by atoms with E-state index in [0.29, 0.717) is 6.61 Å². The minimum atomic E-state index is -0.117. The Bertz CT molecular complexity index is 1130. The molecule has 0 aliphatic rings. The Balaban J connectivity index is 1.78. The van der Waals surface area contributed by atoms with Crippen molar-refractivity contribution >= 4 is 16.8 Å². The molecular formula is C25H24N2O2. The van der Waals surface area contributed by atoms with Crippen molar-refractivity contribution in [2.75, 3.05) is 5.43 Å². The Hall–Kier alpha value is -3.53. The van der Waals surface area contributed by atoms with E-state index in [9.17, 15) is 4.79 Å². The summed E-state index contributed by atoms with van der Waals surface area (Å²) in [4.78, 5) is 11.9. The van der Waals surface area contributed by atoms with E-state index < -0.39 is 0 Å². The number of benzene rings is 3. The summed E-state index contributed by atoms with van der Waals surface area (Å²) in [5.41, 5.74) is 8.37. The van der Waals surface area contributed by atoms with Gasteiger partial charge in [-0.3, -0.25) is 14.9 Å². The van der Waals surface area contributed by atoms with E-state index in [2.05, 4.69) is 23.6 Å². The van der Waals surface area contributed by atoms with Crippen molar-refractivity contribution in [2.45, 2.75) is 26.9 Å². The fourth-order valence-electron chi connectivity index (χ4n) is 3.67. The molecule has 0 atom stereocenters. The van der Waals surface area contributed by atoms with Crippen molar-refractivity contribution in [2.24, 2.45) is 0 Å². The molecule has 4 heteroatoms.